The molecule has 1 atom stereocenters. The summed E-state index contributed by atoms with van der Waals surface area (Å²) in [5, 5.41) is 0. The Hall–Kier alpha value is -1.58. The molecule has 0 amide bonds. The molecule has 2 rings (SSSR count). The Labute approximate surface area is 110 Å². The summed E-state index contributed by atoms with van der Waals surface area (Å²) in [5.74, 6) is 0.00855. The second-order valence-electron chi connectivity index (χ2n) is 4.98. The lowest BCUT2D eigenvalue weighted by atomic mass is 9.86. The lowest BCUT2D eigenvalue weighted by Crippen LogP contribution is -2.16. The van der Waals surface area contributed by atoms with Gasteiger partial charge in [0, 0.05) is 5.56 Å². The van der Waals surface area contributed by atoms with E-state index in [2.05, 4.69) is 6.92 Å². The SMILES string of the molecule is CC1CC=C(C(=O)c2ccccc2C(F)(F)F)CC1. The highest BCUT2D eigenvalue weighted by atomic mass is 19.4. The molecule has 1 nitrogen and oxygen atoms in total. The van der Waals surface area contributed by atoms with Gasteiger partial charge in [0.1, 0.15) is 0 Å². The number of carbonyl (C=O) groups excluding carboxylic acids is 1. The van der Waals surface area contributed by atoms with Gasteiger partial charge < -0.3 is 0 Å². The van der Waals surface area contributed by atoms with Gasteiger partial charge in [-0.2, -0.15) is 13.2 Å². The molecule has 0 saturated carbocycles. The normalized spacial score (nSPS) is 20.0. The third kappa shape index (κ3) is 3.06. The fourth-order valence-corrected chi connectivity index (χ4v) is 2.27. The lowest BCUT2D eigenvalue weighted by molar-refractivity contribution is -0.137. The second-order valence-corrected chi connectivity index (χ2v) is 4.98. The summed E-state index contributed by atoms with van der Waals surface area (Å²) < 4.78 is 38.6. The molecule has 0 N–H and O–H groups in total. The molecule has 0 radical (unpaired) electrons. The highest BCUT2D eigenvalue weighted by molar-refractivity contribution is 6.09. The number of hydrogen-bond donors (Lipinski definition) is 0. The largest absolute Gasteiger partial charge is 0.417 e. The number of rotatable bonds is 2. The molecule has 0 aliphatic heterocycles. The van der Waals surface area contributed by atoms with Crippen LogP contribution in [0.4, 0.5) is 13.2 Å². The average Bonchev–Trinajstić information content (AvgIpc) is 2.38. The third-order valence-electron chi connectivity index (χ3n) is 3.44. The Bertz CT molecular complexity index is 514. The maximum atomic E-state index is 12.9. The highest BCUT2D eigenvalue weighted by Crippen LogP contribution is 2.34. The van der Waals surface area contributed by atoms with Crippen LogP contribution in [0.2, 0.25) is 0 Å². The molecule has 102 valence electrons. The van der Waals surface area contributed by atoms with Crippen molar-refractivity contribution < 1.29 is 18.0 Å². The summed E-state index contributed by atoms with van der Waals surface area (Å²) in [4.78, 5) is 12.2. The van der Waals surface area contributed by atoms with E-state index in [1.165, 1.54) is 18.2 Å². The lowest BCUT2D eigenvalue weighted by Gasteiger charge is -2.19. The minimum atomic E-state index is -4.49. The zero-order chi connectivity index (χ0) is 14.0. The molecule has 1 aliphatic carbocycles. The number of benzene rings is 1. The summed E-state index contributed by atoms with van der Waals surface area (Å²) in [5.41, 5.74) is -0.579. The quantitative estimate of drug-likeness (QED) is 0.714. The van der Waals surface area contributed by atoms with Crippen LogP contribution in [0.25, 0.3) is 0 Å². The van der Waals surface area contributed by atoms with E-state index >= 15 is 0 Å². The van der Waals surface area contributed by atoms with Crippen LogP contribution in [0.5, 0.6) is 0 Å². The molecule has 1 aliphatic rings. The standard InChI is InChI=1S/C15H15F3O/c1-10-6-8-11(9-7-10)14(19)12-4-2-3-5-13(12)15(16,17)18/h2-5,8,10H,6-7,9H2,1H3. The van der Waals surface area contributed by atoms with Gasteiger partial charge in [0.05, 0.1) is 5.56 Å². The number of allylic oxidation sites excluding steroid dienone is 2. The van der Waals surface area contributed by atoms with Gasteiger partial charge in [-0.25, -0.2) is 0 Å². The number of Topliss-reactive ketones (excluding diaryl/α,β-unsaturated/α-hetero) is 1. The Morgan fingerprint density at radius 1 is 1.26 bits per heavy atom. The van der Waals surface area contributed by atoms with E-state index in [-0.39, 0.29) is 5.56 Å². The zero-order valence-corrected chi connectivity index (χ0v) is 10.6. The van der Waals surface area contributed by atoms with Gasteiger partial charge in [-0.05, 0) is 36.8 Å². The van der Waals surface area contributed by atoms with Gasteiger partial charge in [-0.3, -0.25) is 4.79 Å². The minimum absolute atomic E-state index is 0.240. The molecular weight excluding hydrogens is 253 g/mol. The number of halogens is 3. The van der Waals surface area contributed by atoms with Crippen LogP contribution < -0.4 is 0 Å². The van der Waals surface area contributed by atoms with Crippen molar-refractivity contribution in [2.75, 3.05) is 0 Å². The number of ketones is 1. The van der Waals surface area contributed by atoms with E-state index < -0.39 is 17.5 Å². The monoisotopic (exact) mass is 268 g/mol. The molecule has 0 bridgehead atoms. The van der Waals surface area contributed by atoms with Crippen LogP contribution in [-0.4, -0.2) is 5.78 Å². The van der Waals surface area contributed by atoms with Gasteiger partial charge in [-0.1, -0.05) is 31.2 Å². The number of alkyl halides is 3. The summed E-state index contributed by atoms with van der Waals surface area (Å²) in [6, 6.07) is 4.98. The van der Waals surface area contributed by atoms with Crippen LogP contribution in [-0.2, 0) is 6.18 Å². The molecule has 0 aromatic heterocycles. The van der Waals surface area contributed by atoms with Gasteiger partial charge in [-0.15, -0.1) is 0 Å². The first-order chi connectivity index (χ1) is 8.89. The third-order valence-corrected chi connectivity index (χ3v) is 3.44. The topological polar surface area (TPSA) is 17.1 Å². The predicted octanol–water partition coefficient (Wildman–Crippen LogP) is 4.63. The summed E-state index contributed by atoms with van der Waals surface area (Å²) in [6.07, 6.45) is -0.536. The average molecular weight is 268 g/mol. The van der Waals surface area contributed by atoms with Gasteiger partial charge in [0.2, 0.25) is 0 Å². The van der Waals surface area contributed by atoms with Gasteiger partial charge in [0.25, 0.3) is 0 Å². The zero-order valence-electron chi connectivity index (χ0n) is 10.6. The summed E-state index contributed by atoms with van der Waals surface area (Å²) >= 11 is 0. The Morgan fingerprint density at radius 3 is 2.53 bits per heavy atom. The van der Waals surface area contributed by atoms with Crippen molar-refractivity contribution in [3.05, 3.63) is 47.0 Å². The molecule has 0 fully saturated rings. The van der Waals surface area contributed by atoms with Crippen LogP contribution in [0, 0.1) is 5.92 Å². The molecule has 1 aromatic rings. The first-order valence-corrected chi connectivity index (χ1v) is 6.29. The maximum Gasteiger partial charge on any atom is 0.417 e. The summed E-state index contributed by atoms with van der Waals surface area (Å²) in [7, 11) is 0. The number of carbonyl (C=O) groups is 1. The molecule has 1 aromatic carbocycles. The summed E-state index contributed by atoms with van der Waals surface area (Å²) in [6.45, 7) is 2.07. The molecule has 0 spiro atoms. The maximum absolute atomic E-state index is 12.9. The van der Waals surface area contributed by atoms with Crippen molar-refractivity contribution in [2.24, 2.45) is 5.92 Å². The van der Waals surface area contributed by atoms with E-state index in [1.54, 1.807) is 6.08 Å². The van der Waals surface area contributed by atoms with Crippen molar-refractivity contribution in [3.8, 4) is 0 Å². The van der Waals surface area contributed by atoms with Crippen molar-refractivity contribution in [3.63, 3.8) is 0 Å². The second kappa shape index (κ2) is 5.19. The van der Waals surface area contributed by atoms with Gasteiger partial charge >= 0.3 is 6.18 Å². The predicted molar refractivity (Wildman–Crippen MR) is 66.9 cm³/mol. The Morgan fingerprint density at radius 2 is 1.95 bits per heavy atom. The minimum Gasteiger partial charge on any atom is -0.289 e. The Balaban J connectivity index is 2.35. The fourth-order valence-electron chi connectivity index (χ4n) is 2.27. The van der Waals surface area contributed by atoms with Gasteiger partial charge in [0.15, 0.2) is 5.78 Å². The van der Waals surface area contributed by atoms with Crippen LogP contribution in [0.1, 0.15) is 42.1 Å². The molecule has 19 heavy (non-hydrogen) atoms. The first kappa shape index (κ1) is 13.8. The van der Waals surface area contributed by atoms with E-state index in [0.717, 1.165) is 18.9 Å². The Kier molecular flexibility index (Phi) is 3.78. The molecule has 1 unspecified atom stereocenters. The van der Waals surface area contributed by atoms with E-state index in [4.69, 9.17) is 0 Å². The van der Waals surface area contributed by atoms with Crippen molar-refractivity contribution in [1.29, 1.82) is 0 Å². The smallest absolute Gasteiger partial charge is 0.289 e. The number of hydrogen-bond acceptors (Lipinski definition) is 1. The van der Waals surface area contributed by atoms with E-state index in [9.17, 15) is 18.0 Å². The van der Waals surface area contributed by atoms with Crippen molar-refractivity contribution >= 4 is 5.78 Å². The molecule has 4 heteroatoms. The molecular formula is C15H15F3O. The van der Waals surface area contributed by atoms with Crippen LogP contribution in [0.15, 0.2) is 35.9 Å². The molecule has 0 heterocycles. The molecule has 0 saturated heterocycles. The fraction of sp³-hybridized carbons (Fsp3) is 0.400. The van der Waals surface area contributed by atoms with E-state index in [0.29, 0.717) is 17.9 Å². The van der Waals surface area contributed by atoms with Crippen LogP contribution >= 0.6 is 0 Å². The highest BCUT2D eigenvalue weighted by Gasteiger charge is 2.35. The van der Waals surface area contributed by atoms with Crippen molar-refractivity contribution in [2.45, 2.75) is 32.4 Å². The van der Waals surface area contributed by atoms with Crippen molar-refractivity contribution in [1.82, 2.24) is 0 Å². The first-order valence-electron chi connectivity index (χ1n) is 6.29. The van der Waals surface area contributed by atoms with Crippen LogP contribution in [0.3, 0.4) is 0 Å². The van der Waals surface area contributed by atoms with E-state index in [1.807, 2.05) is 0 Å².